The van der Waals surface area contributed by atoms with Crippen LogP contribution in [0.1, 0.15) is 50.5 Å². The van der Waals surface area contributed by atoms with Crippen LogP contribution < -0.4 is 5.32 Å². The maximum absolute atomic E-state index is 12.6. The molecule has 1 saturated heterocycles. The topological polar surface area (TPSA) is 75.4 Å². The van der Waals surface area contributed by atoms with Gasteiger partial charge in [0.25, 0.3) is 0 Å². The minimum absolute atomic E-state index is 0.0266. The van der Waals surface area contributed by atoms with Crippen molar-refractivity contribution < 1.29 is 14.0 Å². The molecule has 0 spiro atoms. The molecule has 6 nitrogen and oxygen atoms in total. The first-order valence-corrected chi connectivity index (χ1v) is 11.0. The lowest BCUT2D eigenvalue weighted by Gasteiger charge is -2.31. The first-order chi connectivity index (χ1) is 13.6. The highest BCUT2D eigenvalue weighted by Crippen LogP contribution is 2.26. The Kier molecular flexibility index (Phi) is 7.25. The van der Waals surface area contributed by atoms with Gasteiger partial charge in [-0.2, -0.15) is 0 Å². The van der Waals surface area contributed by atoms with E-state index in [1.807, 2.05) is 29.3 Å². The highest BCUT2D eigenvalue weighted by atomic mass is 32.1. The SMILES string of the molecule is CCCCCNC(=O)C1CCN(C(=O)Cc2csc(-c3ccc(C)o3)n2)CC1. The number of aromatic nitrogens is 1. The fourth-order valence-electron chi connectivity index (χ4n) is 3.44. The molecule has 0 unspecified atom stereocenters. The van der Waals surface area contributed by atoms with Gasteiger partial charge in [-0.25, -0.2) is 4.98 Å². The van der Waals surface area contributed by atoms with E-state index in [2.05, 4.69) is 17.2 Å². The average Bonchev–Trinajstić information content (AvgIpc) is 3.34. The highest BCUT2D eigenvalue weighted by molar-refractivity contribution is 7.13. The summed E-state index contributed by atoms with van der Waals surface area (Å²) in [5, 5.41) is 5.75. The lowest BCUT2D eigenvalue weighted by molar-refractivity contribution is -0.135. The molecule has 1 aliphatic rings. The van der Waals surface area contributed by atoms with Crippen LogP contribution in [-0.2, 0) is 16.0 Å². The second-order valence-corrected chi connectivity index (χ2v) is 8.24. The molecule has 2 aromatic rings. The summed E-state index contributed by atoms with van der Waals surface area (Å²) >= 11 is 1.49. The molecule has 28 heavy (non-hydrogen) atoms. The number of carbonyl (C=O) groups is 2. The average molecular weight is 404 g/mol. The Bertz CT molecular complexity index is 790. The molecule has 0 saturated carbocycles. The number of unbranched alkanes of at least 4 members (excludes halogenated alkanes) is 2. The van der Waals surface area contributed by atoms with Crippen LogP contribution in [0.15, 0.2) is 21.9 Å². The van der Waals surface area contributed by atoms with E-state index in [-0.39, 0.29) is 17.7 Å². The molecular formula is C21H29N3O3S. The Labute approximate surface area is 170 Å². The highest BCUT2D eigenvalue weighted by Gasteiger charge is 2.27. The number of furan rings is 1. The summed E-state index contributed by atoms with van der Waals surface area (Å²) < 4.78 is 5.59. The molecule has 152 valence electrons. The third-order valence-electron chi connectivity index (χ3n) is 5.13. The Morgan fingerprint density at radius 2 is 2.07 bits per heavy atom. The zero-order chi connectivity index (χ0) is 19.9. The first-order valence-electron chi connectivity index (χ1n) is 10.1. The second-order valence-electron chi connectivity index (χ2n) is 7.38. The van der Waals surface area contributed by atoms with Crippen LogP contribution in [0, 0.1) is 12.8 Å². The molecule has 0 atom stereocenters. The summed E-state index contributed by atoms with van der Waals surface area (Å²) in [5.74, 6) is 1.83. The number of likely N-dealkylation sites (tertiary alicyclic amines) is 1. The Hall–Kier alpha value is -2.15. The van der Waals surface area contributed by atoms with Crippen molar-refractivity contribution in [1.82, 2.24) is 15.2 Å². The summed E-state index contributed by atoms with van der Waals surface area (Å²) in [4.78, 5) is 31.2. The van der Waals surface area contributed by atoms with Gasteiger partial charge in [0.05, 0.1) is 12.1 Å². The van der Waals surface area contributed by atoms with E-state index in [1.54, 1.807) is 0 Å². The zero-order valence-electron chi connectivity index (χ0n) is 16.7. The Morgan fingerprint density at radius 3 is 2.75 bits per heavy atom. The molecular weight excluding hydrogens is 374 g/mol. The van der Waals surface area contributed by atoms with Crippen molar-refractivity contribution in [2.75, 3.05) is 19.6 Å². The predicted molar refractivity (Wildman–Crippen MR) is 110 cm³/mol. The van der Waals surface area contributed by atoms with Crippen LogP contribution in [0.2, 0.25) is 0 Å². The minimum Gasteiger partial charge on any atom is -0.459 e. The van der Waals surface area contributed by atoms with Crippen LogP contribution in [0.5, 0.6) is 0 Å². The Morgan fingerprint density at radius 1 is 1.29 bits per heavy atom. The van der Waals surface area contributed by atoms with E-state index in [0.29, 0.717) is 19.5 Å². The zero-order valence-corrected chi connectivity index (χ0v) is 17.5. The molecule has 7 heteroatoms. The Balaban J connectivity index is 1.44. The molecule has 3 heterocycles. The normalized spacial score (nSPS) is 15.0. The van der Waals surface area contributed by atoms with Gasteiger partial charge in [-0.3, -0.25) is 9.59 Å². The van der Waals surface area contributed by atoms with Gasteiger partial charge in [-0.1, -0.05) is 19.8 Å². The quantitative estimate of drug-likeness (QED) is 0.680. The molecule has 2 aromatic heterocycles. The van der Waals surface area contributed by atoms with Gasteiger partial charge in [0.1, 0.15) is 5.76 Å². The summed E-state index contributed by atoms with van der Waals surface area (Å²) in [7, 11) is 0. The number of nitrogens with zero attached hydrogens (tertiary/aromatic N) is 2. The third kappa shape index (κ3) is 5.44. The van der Waals surface area contributed by atoms with Gasteiger partial charge in [0.2, 0.25) is 11.8 Å². The largest absolute Gasteiger partial charge is 0.459 e. The van der Waals surface area contributed by atoms with Crippen molar-refractivity contribution >= 4 is 23.2 Å². The fourth-order valence-corrected chi connectivity index (χ4v) is 4.22. The number of amides is 2. The lowest BCUT2D eigenvalue weighted by atomic mass is 9.95. The number of nitrogens with one attached hydrogen (secondary N) is 1. The number of thiazole rings is 1. The van der Waals surface area contributed by atoms with Crippen LogP contribution in [-0.4, -0.2) is 41.3 Å². The number of aryl methyl sites for hydroxylation is 1. The van der Waals surface area contributed by atoms with Crippen molar-refractivity contribution in [1.29, 1.82) is 0 Å². The fraction of sp³-hybridized carbons (Fsp3) is 0.571. The molecule has 1 fully saturated rings. The smallest absolute Gasteiger partial charge is 0.228 e. The summed E-state index contributed by atoms with van der Waals surface area (Å²) in [6.07, 6.45) is 5.10. The number of hydrogen-bond acceptors (Lipinski definition) is 5. The van der Waals surface area contributed by atoms with Crippen molar-refractivity contribution in [3.05, 3.63) is 29.0 Å². The van der Waals surface area contributed by atoms with Crippen molar-refractivity contribution in [2.45, 2.75) is 52.4 Å². The second kappa shape index (κ2) is 9.87. The maximum atomic E-state index is 12.6. The monoisotopic (exact) mass is 403 g/mol. The van der Waals surface area contributed by atoms with Crippen molar-refractivity contribution in [3.63, 3.8) is 0 Å². The van der Waals surface area contributed by atoms with E-state index < -0.39 is 0 Å². The molecule has 0 aliphatic carbocycles. The summed E-state index contributed by atoms with van der Waals surface area (Å²) in [6.45, 7) is 6.09. The number of hydrogen-bond donors (Lipinski definition) is 1. The van der Waals surface area contributed by atoms with Crippen LogP contribution in [0.3, 0.4) is 0 Å². The van der Waals surface area contributed by atoms with Gasteiger partial charge >= 0.3 is 0 Å². The van der Waals surface area contributed by atoms with Crippen molar-refractivity contribution in [3.8, 4) is 10.8 Å². The predicted octanol–water partition coefficient (Wildman–Crippen LogP) is 3.80. The van der Waals surface area contributed by atoms with E-state index in [4.69, 9.17) is 4.42 Å². The number of piperidine rings is 1. The van der Waals surface area contributed by atoms with Crippen LogP contribution in [0.4, 0.5) is 0 Å². The molecule has 0 aromatic carbocycles. The molecule has 1 aliphatic heterocycles. The minimum atomic E-state index is 0.0266. The summed E-state index contributed by atoms with van der Waals surface area (Å²) in [6, 6.07) is 3.81. The van der Waals surface area contributed by atoms with Gasteiger partial charge in [0.15, 0.2) is 10.8 Å². The van der Waals surface area contributed by atoms with E-state index in [0.717, 1.165) is 60.9 Å². The molecule has 1 N–H and O–H groups in total. The van der Waals surface area contributed by atoms with Gasteiger partial charge in [-0.05, 0) is 38.3 Å². The first kappa shape index (κ1) is 20.6. The molecule has 0 bridgehead atoms. The van der Waals surface area contributed by atoms with E-state index in [9.17, 15) is 9.59 Å². The van der Waals surface area contributed by atoms with E-state index in [1.165, 1.54) is 11.3 Å². The summed E-state index contributed by atoms with van der Waals surface area (Å²) in [5.41, 5.74) is 0.773. The van der Waals surface area contributed by atoms with Gasteiger partial charge in [-0.15, -0.1) is 11.3 Å². The van der Waals surface area contributed by atoms with E-state index >= 15 is 0 Å². The maximum Gasteiger partial charge on any atom is 0.228 e. The molecule has 3 rings (SSSR count). The molecule has 0 radical (unpaired) electrons. The van der Waals surface area contributed by atoms with Crippen LogP contribution >= 0.6 is 11.3 Å². The van der Waals surface area contributed by atoms with Gasteiger partial charge < -0.3 is 14.6 Å². The lowest BCUT2D eigenvalue weighted by Crippen LogP contribution is -2.43. The number of rotatable bonds is 8. The standard InChI is InChI=1S/C21H29N3O3S/c1-3-4-5-10-22-20(26)16-8-11-24(12-9-16)19(25)13-17-14-28-21(23-17)18-7-6-15(2)27-18/h6-7,14,16H,3-5,8-13H2,1-2H3,(H,22,26). The van der Waals surface area contributed by atoms with Crippen molar-refractivity contribution in [2.24, 2.45) is 5.92 Å². The van der Waals surface area contributed by atoms with Crippen LogP contribution in [0.25, 0.3) is 10.8 Å². The molecule has 2 amide bonds. The number of carbonyl (C=O) groups excluding carboxylic acids is 2. The third-order valence-corrected chi connectivity index (χ3v) is 6.04. The van der Waals surface area contributed by atoms with Gasteiger partial charge in [0, 0.05) is 30.9 Å².